The van der Waals surface area contributed by atoms with Gasteiger partial charge in [-0.05, 0) is 56.2 Å². The molecule has 1 aliphatic rings. The molecule has 1 amide bonds. The molecule has 2 aromatic rings. The van der Waals surface area contributed by atoms with E-state index in [0.29, 0.717) is 6.42 Å². The van der Waals surface area contributed by atoms with E-state index in [9.17, 15) is 9.90 Å². The van der Waals surface area contributed by atoms with E-state index < -0.39 is 0 Å². The molecule has 2 heterocycles. The highest BCUT2D eigenvalue weighted by atomic mass is 16.3. The summed E-state index contributed by atoms with van der Waals surface area (Å²) >= 11 is 0. The number of carbonyl (C=O) groups excluding carboxylic acids is 1. The molecular weight excluding hydrogens is 398 g/mol. The Morgan fingerprint density at radius 1 is 1.38 bits per heavy atom. The van der Waals surface area contributed by atoms with Crippen molar-refractivity contribution in [2.75, 3.05) is 18.6 Å². The first-order chi connectivity index (χ1) is 15.1. The van der Waals surface area contributed by atoms with Gasteiger partial charge in [0.25, 0.3) is 0 Å². The number of carbonyl (C=O) groups is 1. The van der Waals surface area contributed by atoms with Crippen molar-refractivity contribution in [3.8, 4) is 0 Å². The van der Waals surface area contributed by atoms with Crippen molar-refractivity contribution in [3.63, 3.8) is 0 Å². The number of aromatic amines is 1. The second kappa shape index (κ2) is 9.53. The molecule has 0 saturated carbocycles. The van der Waals surface area contributed by atoms with Gasteiger partial charge in [-0.2, -0.15) is 0 Å². The van der Waals surface area contributed by atoms with Crippen LogP contribution >= 0.6 is 0 Å². The van der Waals surface area contributed by atoms with Gasteiger partial charge in [-0.25, -0.2) is 0 Å². The van der Waals surface area contributed by atoms with E-state index in [4.69, 9.17) is 0 Å². The van der Waals surface area contributed by atoms with Crippen LogP contribution in [0.4, 0.5) is 5.69 Å². The van der Waals surface area contributed by atoms with E-state index in [0.717, 1.165) is 35.0 Å². The number of aromatic nitrogens is 1. The van der Waals surface area contributed by atoms with Gasteiger partial charge >= 0.3 is 0 Å². The normalized spacial score (nSPS) is 20.9. The third-order valence-electron chi connectivity index (χ3n) is 6.91. The predicted molar refractivity (Wildman–Crippen MR) is 134 cm³/mol. The fourth-order valence-electron chi connectivity index (χ4n) is 5.03. The van der Waals surface area contributed by atoms with Crippen molar-refractivity contribution >= 4 is 22.5 Å². The number of allylic oxidation sites excluding steroid dienone is 3. The van der Waals surface area contributed by atoms with Crippen LogP contribution in [0.15, 0.2) is 42.6 Å². The first kappa shape index (κ1) is 24.1. The summed E-state index contributed by atoms with van der Waals surface area (Å²) < 4.78 is 0. The highest BCUT2D eigenvalue weighted by Gasteiger charge is 2.34. The number of aliphatic hydroxyl groups is 1. The Kier molecular flexibility index (Phi) is 7.19. The van der Waals surface area contributed by atoms with Crippen LogP contribution in [0.5, 0.6) is 0 Å². The number of anilines is 1. The second-order valence-corrected chi connectivity index (χ2v) is 10.0. The SMILES string of the molecule is C=C[C@](C)(CCC=C(C)C)c1ccc2c3c(c[nH]c13)C[C@H](CO)NC(=O)[C@@H](C(C)C)N2C. The zero-order valence-corrected chi connectivity index (χ0v) is 20.5. The lowest BCUT2D eigenvalue weighted by molar-refractivity contribution is -0.124. The first-order valence-corrected chi connectivity index (χ1v) is 11.7. The summed E-state index contributed by atoms with van der Waals surface area (Å²) in [7, 11) is 2.00. The fraction of sp³-hybridized carbons (Fsp3) is 0.519. The number of rotatable bonds is 7. The van der Waals surface area contributed by atoms with E-state index in [-0.39, 0.29) is 35.9 Å². The molecule has 1 aliphatic heterocycles. The molecule has 32 heavy (non-hydrogen) atoms. The van der Waals surface area contributed by atoms with Gasteiger partial charge in [-0.1, -0.05) is 44.6 Å². The fourth-order valence-corrected chi connectivity index (χ4v) is 5.03. The largest absolute Gasteiger partial charge is 0.394 e. The minimum Gasteiger partial charge on any atom is -0.394 e. The Labute approximate surface area is 192 Å². The number of nitrogens with zero attached hydrogens (tertiary/aromatic N) is 1. The van der Waals surface area contributed by atoms with Crippen molar-refractivity contribution in [1.29, 1.82) is 0 Å². The Hall–Kier alpha value is -2.53. The molecule has 3 atom stereocenters. The Bertz CT molecular complexity index is 1020. The van der Waals surface area contributed by atoms with Gasteiger partial charge in [0.15, 0.2) is 0 Å². The van der Waals surface area contributed by atoms with Crippen LogP contribution < -0.4 is 10.2 Å². The van der Waals surface area contributed by atoms with Crippen molar-refractivity contribution < 1.29 is 9.90 Å². The Balaban J connectivity index is 2.20. The summed E-state index contributed by atoms with van der Waals surface area (Å²) in [5.74, 6) is 0.0858. The zero-order valence-electron chi connectivity index (χ0n) is 20.5. The lowest BCUT2D eigenvalue weighted by atomic mass is 9.77. The van der Waals surface area contributed by atoms with E-state index in [1.165, 1.54) is 11.1 Å². The van der Waals surface area contributed by atoms with Gasteiger partial charge in [-0.3, -0.25) is 4.79 Å². The number of H-pyrrole nitrogens is 1. The quantitative estimate of drug-likeness (QED) is 0.542. The van der Waals surface area contributed by atoms with Crippen LogP contribution in [0, 0.1) is 5.92 Å². The van der Waals surface area contributed by atoms with Crippen LogP contribution in [0.3, 0.4) is 0 Å². The first-order valence-electron chi connectivity index (χ1n) is 11.7. The molecule has 5 nitrogen and oxygen atoms in total. The van der Waals surface area contributed by atoms with Crippen molar-refractivity contribution in [1.82, 2.24) is 10.3 Å². The number of amides is 1. The number of benzene rings is 1. The summed E-state index contributed by atoms with van der Waals surface area (Å²) in [5.41, 5.74) is 5.61. The number of likely N-dealkylation sites (N-methyl/N-ethyl adjacent to an activating group) is 1. The van der Waals surface area contributed by atoms with Crippen molar-refractivity contribution in [3.05, 3.63) is 53.8 Å². The number of aliphatic hydroxyl groups excluding tert-OH is 1. The van der Waals surface area contributed by atoms with Crippen molar-refractivity contribution in [2.45, 2.75) is 71.4 Å². The van der Waals surface area contributed by atoms with Gasteiger partial charge in [-0.15, -0.1) is 6.58 Å². The summed E-state index contributed by atoms with van der Waals surface area (Å²) in [6.07, 6.45) is 8.91. The molecule has 0 unspecified atom stereocenters. The monoisotopic (exact) mass is 437 g/mol. The highest BCUT2D eigenvalue weighted by molar-refractivity contribution is 6.00. The molecule has 0 aliphatic carbocycles. The topological polar surface area (TPSA) is 68.4 Å². The molecule has 1 aromatic heterocycles. The summed E-state index contributed by atoms with van der Waals surface area (Å²) in [6, 6.07) is 3.71. The van der Waals surface area contributed by atoms with E-state index >= 15 is 0 Å². The standard InChI is InChI=1S/C27H39N3O2/c1-8-27(6,13-9-10-17(2)3)21-11-12-22-23-19(15-28-24(21)23)14-20(16-31)29-26(32)25(18(4)5)30(22)7/h8,10-12,15,18,20,25,28,31H,1,9,13-14,16H2,2-7H3,(H,29,32)/t20-,25-,27-/m1/s1. The van der Waals surface area contributed by atoms with Crippen LogP contribution in [-0.4, -0.2) is 41.7 Å². The zero-order chi connectivity index (χ0) is 23.6. The summed E-state index contributed by atoms with van der Waals surface area (Å²) in [5, 5.41) is 14.2. The van der Waals surface area contributed by atoms with E-state index in [1.54, 1.807) is 0 Å². The minimum absolute atomic E-state index is 0.0365. The maximum atomic E-state index is 13.1. The molecule has 3 N–H and O–H groups in total. The smallest absolute Gasteiger partial charge is 0.243 e. The number of hydrogen-bond donors (Lipinski definition) is 3. The van der Waals surface area contributed by atoms with Crippen LogP contribution in [0.1, 0.15) is 58.6 Å². The van der Waals surface area contributed by atoms with Gasteiger partial charge in [0, 0.05) is 29.7 Å². The van der Waals surface area contributed by atoms with Gasteiger partial charge < -0.3 is 20.3 Å². The second-order valence-electron chi connectivity index (χ2n) is 10.0. The number of hydrogen-bond acceptors (Lipinski definition) is 3. The lowest BCUT2D eigenvalue weighted by Gasteiger charge is -2.33. The van der Waals surface area contributed by atoms with Crippen LogP contribution in [0.25, 0.3) is 10.9 Å². The number of nitrogens with one attached hydrogen (secondary N) is 2. The molecule has 0 radical (unpaired) electrons. The molecule has 0 bridgehead atoms. The predicted octanol–water partition coefficient (Wildman–Crippen LogP) is 4.85. The highest BCUT2D eigenvalue weighted by Crippen LogP contribution is 2.41. The van der Waals surface area contributed by atoms with E-state index in [2.05, 4.69) is 80.7 Å². The third kappa shape index (κ3) is 4.49. The molecule has 0 spiro atoms. The third-order valence-corrected chi connectivity index (χ3v) is 6.91. The molecular formula is C27H39N3O2. The molecule has 0 saturated heterocycles. The molecule has 5 heteroatoms. The maximum absolute atomic E-state index is 13.1. The Morgan fingerprint density at radius 2 is 2.09 bits per heavy atom. The summed E-state index contributed by atoms with van der Waals surface area (Å²) in [4.78, 5) is 18.7. The minimum atomic E-state index is -0.317. The molecule has 3 rings (SSSR count). The molecule has 0 fully saturated rings. The van der Waals surface area contributed by atoms with Gasteiger partial charge in [0.05, 0.1) is 18.2 Å². The average molecular weight is 438 g/mol. The average Bonchev–Trinajstić information content (AvgIpc) is 3.16. The Morgan fingerprint density at radius 3 is 2.69 bits per heavy atom. The van der Waals surface area contributed by atoms with Crippen LogP contribution in [0.2, 0.25) is 0 Å². The van der Waals surface area contributed by atoms with E-state index in [1.807, 2.05) is 13.2 Å². The molecule has 1 aromatic carbocycles. The van der Waals surface area contributed by atoms with Crippen molar-refractivity contribution in [2.24, 2.45) is 5.92 Å². The van der Waals surface area contributed by atoms with Gasteiger partial charge in [0.2, 0.25) is 5.91 Å². The van der Waals surface area contributed by atoms with Crippen LogP contribution in [-0.2, 0) is 16.6 Å². The maximum Gasteiger partial charge on any atom is 0.243 e. The molecule has 174 valence electrons. The lowest BCUT2D eigenvalue weighted by Crippen LogP contribution is -2.52. The van der Waals surface area contributed by atoms with Gasteiger partial charge in [0.1, 0.15) is 6.04 Å². The summed E-state index contributed by atoms with van der Waals surface area (Å²) in [6.45, 7) is 14.7.